The number of hydrogen-bond acceptors (Lipinski definition) is 3. The van der Waals surface area contributed by atoms with Gasteiger partial charge >= 0.3 is 0 Å². The zero-order valence-corrected chi connectivity index (χ0v) is 11.1. The molecule has 2 aromatic rings. The van der Waals surface area contributed by atoms with Crippen molar-refractivity contribution < 1.29 is 4.79 Å². The average molecular weight is 255 g/mol. The van der Waals surface area contributed by atoms with Crippen LogP contribution in [0.5, 0.6) is 0 Å². The van der Waals surface area contributed by atoms with Crippen molar-refractivity contribution in [2.45, 2.75) is 13.8 Å². The van der Waals surface area contributed by atoms with Crippen molar-refractivity contribution in [3.8, 4) is 0 Å². The minimum atomic E-state index is -0.0794. The zero-order chi connectivity index (χ0) is 13.8. The van der Waals surface area contributed by atoms with Gasteiger partial charge in [0.1, 0.15) is 0 Å². The quantitative estimate of drug-likeness (QED) is 0.858. The second-order valence-corrected chi connectivity index (χ2v) is 4.29. The van der Waals surface area contributed by atoms with E-state index < -0.39 is 0 Å². The first-order chi connectivity index (χ1) is 9.15. The summed E-state index contributed by atoms with van der Waals surface area (Å²) >= 11 is 0. The summed E-state index contributed by atoms with van der Waals surface area (Å²) in [7, 11) is 0. The molecule has 0 aliphatic heterocycles. The van der Waals surface area contributed by atoms with E-state index in [4.69, 9.17) is 5.73 Å². The molecule has 0 spiro atoms. The molecule has 0 aliphatic carbocycles. The lowest BCUT2D eigenvalue weighted by molar-refractivity contribution is 0.0988. The highest BCUT2D eigenvalue weighted by molar-refractivity contribution is 6.10. The maximum atomic E-state index is 12.6. The lowest BCUT2D eigenvalue weighted by atomic mass is 10.1. The third-order valence-corrected chi connectivity index (χ3v) is 3.05. The van der Waals surface area contributed by atoms with Crippen molar-refractivity contribution in [3.05, 3.63) is 53.9 Å². The summed E-state index contributed by atoms with van der Waals surface area (Å²) in [4.78, 5) is 18.3. The van der Waals surface area contributed by atoms with Gasteiger partial charge in [-0.05, 0) is 37.6 Å². The summed E-state index contributed by atoms with van der Waals surface area (Å²) in [5.41, 5.74) is 8.73. The van der Waals surface area contributed by atoms with Gasteiger partial charge in [-0.1, -0.05) is 12.1 Å². The summed E-state index contributed by atoms with van der Waals surface area (Å²) in [5, 5.41) is 0. The third-order valence-electron chi connectivity index (χ3n) is 3.05. The normalized spacial score (nSPS) is 10.2. The van der Waals surface area contributed by atoms with Crippen molar-refractivity contribution in [2.75, 3.05) is 17.2 Å². The van der Waals surface area contributed by atoms with E-state index in [9.17, 15) is 4.79 Å². The van der Waals surface area contributed by atoms with Gasteiger partial charge in [-0.2, -0.15) is 0 Å². The molecule has 0 radical (unpaired) electrons. The minimum Gasteiger partial charge on any atom is -0.398 e. The van der Waals surface area contributed by atoms with Crippen LogP contribution in [0.3, 0.4) is 0 Å². The molecule has 4 heteroatoms. The Morgan fingerprint density at radius 3 is 2.53 bits per heavy atom. The summed E-state index contributed by atoms with van der Waals surface area (Å²) < 4.78 is 0. The molecule has 4 nitrogen and oxygen atoms in total. The number of pyridine rings is 1. The van der Waals surface area contributed by atoms with Crippen LogP contribution in [0.2, 0.25) is 0 Å². The molecular formula is C15H17N3O. The first-order valence-corrected chi connectivity index (χ1v) is 6.22. The molecular weight excluding hydrogens is 238 g/mol. The number of rotatable bonds is 3. The molecule has 0 bridgehead atoms. The van der Waals surface area contributed by atoms with Gasteiger partial charge in [0.15, 0.2) is 0 Å². The van der Waals surface area contributed by atoms with Crippen LogP contribution in [0.25, 0.3) is 0 Å². The maximum absolute atomic E-state index is 12.6. The van der Waals surface area contributed by atoms with E-state index in [-0.39, 0.29) is 5.91 Å². The van der Waals surface area contributed by atoms with Crippen LogP contribution < -0.4 is 10.6 Å². The highest BCUT2D eigenvalue weighted by atomic mass is 16.2. The highest BCUT2D eigenvalue weighted by Gasteiger charge is 2.19. The standard InChI is InChI=1S/C15H17N3O/c1-3-18(12-7-9-17-10-8-12)15(19)14-11(2)5-4-6-13(14)16/h4-10H,3,16H2,1-2H3. The number of amides is 1. The van der Waals surface area contributed by atoms with Gasteiger partial charge in [0, 0.05) is 30.3 Å². The summed E-state index contributed by atoms with van der Waals surface area (Å²) in [6, 6.07) is 9.13. The molecule has 0 fully saturated rings. The van der Waals surface area contributed by atoms with E-state index in [0.29, 0.717) is 17.8 Å². The Bertz CT molecular complexity index is 561. The molecule has 1 heterocycles. The number of carbonyl (C=O) groups excluding carboxylic acids is 1. The Kier molecular flexibility index (Phi) is 3.80. The first kappa shape index (κ1) is 13.1. The van der Waals surface area contributed by atoms with Gasteiger partial charge < -0.3 is 10.6 Å². The first-order valence-electron chi connectivity index (χ1n) is 6.22. The van der Waals surface area contributed by atoms with Crippen molar-refractivity contribution >= 4 is 17.3 Å². The molecule has 0 aliphatic rings. The Morgan fingerprint density at radius 1 is 1.26 bits per heavy atom. The minimum absolute atomic E-state index is 0.0794. The molecule has 1 aromatic heterocycles. The Morgan fingerprint density at radius 2 is 1.95 bits per heavy atom. The van der Waals surface area contributed by atoms with E-state index in [1.807, 2.05) is 38.1 Å². The average Bonchev–Trinajstić information content (AvgIpc) is 2.40. The van der Waals surface area contributed by atoms with Crippen molar-refractivity contribution in [1.29, 1.82) is 0 Å². The van der Waals surface area contributed by atoms with Crippen LogP contribution in [0, 0.1) is 6.92 Å². The number of anilines is 2. The van der Waals surface area contributed by atoms with Gasteiger partial charge in [-0.25, -0.2) is 0 Å². The third kappa shape index (κ3) is 2.57. The number of nitrogens with zero attached hydrogens (tertiary/aromatic N) is 2. The topological polar surface area (TPSA) is 59.2 Å². The fraction of sp³-hybridized carbons (Fsp3) is 0.200. The number of aryl methyl sites for hydroxylation is 1. The fourth-order valence-electron chi connectivity index (χ4n) is 2.08. The smallest absolute Gasteiger partial charge is 0.260 e. The maximum Gasteiger partial charge on any atom is 0.260 e. The molecule has 2 rings (SSSR count). The van der Waals surface area contributed by atoms with Gasteiger partial charge in [0.25, 0.3) is 5.91 Å². The van der Waals surface area contributed by atoms with E-state index in [1.165, 1.54) is 0 Å². The number of nitrogen functional groups attached to an aromatic ring is 1. The van der Waals surface area contributed by atoms with Gasteiger partial charge in [0.2, 0.25) is 0 Å². The highest BCUT2D eigenvalue weighted by Crippen LogP contribution is 2.22. The predicted molar refractivity (Wildman–Crippen MR) is 77.2 cm³/mol. The Hall–Kier alpha value is -2.36. The molecule has 0 saturated carbocycles. The molecule has 1 amide bonds. The lowest BCUT2D eigenvalue weighted by Crippen LogP contribution is -2.31. The van der Waals surface area contributed by atoms with Crippen molar-refractivity contribution in [1.82, 2.24) is 4.98 Å². The summed E-state index contributed by atoms with van der Waals surface area (Å²) in [6.45, 7) is 4.41. The number of hydrogen-bond donors (Lipinski definition) is 1. The predicted octanol–water partition coefficient (Wildman–Crippen LogP) is 2.64. The fourth-order valence-corrected chi connectivity index (χ4v) is 2.08. The SMILES string of the molecule is CCN(C(=O)c1c(C)cccc1N)c1ccncc1. The number of aromatic nitrogens is 1. The number of benzene rings is 1. The zero-order valence-electron chi connectivity index (χ0n) is 11.1. The molecule has 2 N–H and O–H groups in total. The molecule has 0 unspecified atom stereocenters. The van der Waals surface area contributed by atoms with Crippen LogP contribution >= 0.6 is 0 Å². The Balaban J connectivity index is 2.42. The van der Waals surface area contributed by atoms with E-state index in [0.717, 1.165) is 11.3 Å². The van der Waals surface area contributed by atoms with E-state index in [2.05, 4.69) is 4.98 Å². The summed E-state index contributed by atoms with van der Waals surface area (Å²) in [5.74, 6) is -0.0794. The largest absolute Gasteiger partial charge is 0.398 e. The van der Waals surface area contributed by atoms with Crippen molar-refractivity contribution in [3.63, 3.8) is 0 Å². The van der Waals surface area contributed by atoms with Gasteiger partial charge in [-0.15, -0.1) is 0 Å². The van der Waals surface area contributed by atoms with Gasteiger partial charge in [0.05, 0.1) is 5.56 Å². The molecule has 1 aromatic carbocycles. The van der Waals surface area contributed by atoms with Gasteiger partial charge in [-0.3, -0.25) is 9.78 Å². The lowest BCUT2D eigenvalue weighted by Gasteiger charge is -2.22. The summed E-state index contributed by atoms with van der Waals surface area (Å²) in [6.07, 6.45) is 3.35. The van der Waals surface area contributed by atoms with E-state index in [1.54, 1.807) is 23.4 Å². The molecule has 0 atom stereocenters. The van der Waals surface area contributed by atoms with Crippen LogP contribution in [0.4, 0.5) is 11.4 Å². The Labute approximate surface area is 112 Å². The van der Waals surface area contributed by atoms with Crippen LogP contribution in [-0.2, 0) is 0 Å². The van der Waals surface area contributed by atoms with Crippen molar-refractivity contribution in [2.24, 2.45) is 0 Å². The van der Waals surface area contributed by atoms with Crippen LogP contribution in [-0.4, -0.2) is 17.4 Å². The molecule has 19 heavy (non-hydrogen) atoms. The van der Waals surface area contributed by atoms with Crippen LogP contribution in [0.1, 0.15) is 22.8 Å². The second kappa shape index (κ2) is 5.52. The second-order valence-electron chi connectivity index (χ2n) is 4.29. The molecule has 0 saturated heterocycles. The van der Waals surface area contributed by atoms with Crippen LogP contribution in [0.15, 0.2) is 42.7 Å². The number of nitrogens with two attached hydrogens (primary N) is 1. The molecule has 98 valence electrons. The van der Waals surface area contributed by atoms with E-state index >= 15 is 0 Å². The number of carbonyl (C=O) groups is 1. The monoisotopic (exact) mass is 255 g/mol.